The lowest BCUT2D eigenvalue weighted by Crippen LogP contribution is -2.35. The van der Waals surface area contributed by atoms with Crippen molar-refractivity contribution >= 4 is 46.0 Å². The molecule has 12 heteroatoms. The Labute approximate surface area is 194 Å². The molecule has 176 valence electrons. The molecule has 0 radical (unpaired) electrons. The Hall–Kier alpha value is -3.67. The van der Waals surface area contributed by atoms with Gasteiger partial charge in [0, 0.05) is 23.2 Å². The molecule has 3 heterocycles. The molecule has 0 aliphatic carbocycles. The third kappa shape index (κ3) is 4.04. The van der Waals surface area contributed by atoms with Crippen molar-refractivity contribution < 1.29 is 23.1 Å². The van der Waals surface area contributed by atoms with E-state index in [1.54, 1.807) is 12.1 Å². The molecule has 1 atom stereocenters. The van der Waals surface area contributed by atoms with E-state index in [4.69, 9.17) is 4.74 Å². The van der Waals surface area contributed by atoms with Crippen LogP contribution >= 0.6 is 11.8 Å². The second-order valence-corrected chi connectivity index (χ2v) is 8.99. The number of hydrogen-bond donors (Lipinski definition) is 2. The lowest BCUT2D eigenvalue weighted by molar-refractivity contribution is -0.113. The van der Waals surface area contributed by atoms with Gasteiger partial charge in [-0.2, -0.15) is 0 Å². The van der Waals surface area contributed by atoms with E-state index in [0.29, 0.717) is 30.0 Å². The van der Waals surface area contributed by atoms with Gasteiger partial charge in [-0.3, -0.25) is 19.1 Å². The normalized spacial score (nSPS) is 17.6. The van der Waals surface area contributed by atoms with E-state index in [0.717, 1.165) is 21.6 Å². The number of thioether (sulfide) groups is 1. The van der Waals surface area contributed by atoms with Crippen molar-refractivity contribution in [3.8, 4) is 0 Å². The van der Waals surface area contributed by atoms with Crippen molar-refractivity contribution in [1.29, 1.82) is 0 Å². The summed E-state index contributed by atoms with van der Waals surface area (Å²) in [5.74, 6) is -2.10. The van der Waals surface area contributed by atoms with Crippen LogP contribution in [0.4, 0.5) is 25.0 Å². The summed E-state index contributed by atoms with van der Waals surface area (Å²) in [6, 6.07) is 6.87. The van der Waals surface area contributed by atoms with Gasteiger partial charge in [-0.05, 0) is 37.1 Å². The zero-order chi connectivity index (χ0) is 24.0. The number of halogens is 2. The SMILES string of the molecule is O=C1CSc2ccc(N3C[C@@H](CCCn4c(=O)[nH]c5cc(F)c(F)cc5c4=O)OC3=O)cc2N1. The topological polar surface area (TPSA) is 114 Å². The fraction of sp³-hybridized carbons (Fsp3) is 0.273. The largest absolute Gasteiger partial charge is 0.444 e. The number of aromatic amines is 1. The van der Waals surface area contributed by atoms with Gasteiger partial charge < -0.3 is 15.0 Å². The molecule has 5 rings (SSSR count). The van der Waals surface area contributed by atoms with E-state index in [1.807, 2.05) is 6.07 Å². The summed E-state index contributed by atoms with van der Waals surface area (Å²) in [6.45, 7) is 0.283. The molecule has 2 aliphatic rings. The van der Waals surface area contributed by atoms with Crippen LogP contribution in [0.15, 0.2) is 44.8 Å². The van der Waals surface area contributed by atoms with Gasteiger partial charge in [0.25, 0.3) is 5.56 Å². The molecule has 1 saturated heterocycles. The third-order valence-electron chi connectivity index (χ3n) is 5.71. The average Bonchev–Trinajstić information content (AvgIpc) is 3.17. The summed E-state index contributed by atoms with van der Waals surface area (Å²) in [6.07, 6.45) is -0.283. The van der Waals surface area contributed by atoms with Crippen LogP contribution in [-0.2, 0) is 16.1 Å². The molecule has 0 bridgehead atoms. The Morgan fingerprint density at radius 1 is 1.09 bits per heavy atom. The molecule has 2 N–H and O–H groups in total. The monoisotopic (exact) mass is 488 g/mol. The van der Waals surface area contributed by atoms with Crippen LogP contribution in [0.25, 0.3) is 10.9 Å². The van der Waals surface area contributed by atoms with Crippen LogP contribution in [0.2, 0.25) is 0 Å². The van der Waals surface area contributed by atoms with E-state index < -0.39 is 35.1 Å². The predicted molar refractivity (Wildman–Crippen MR) is 121 cm³/mol. The summed E-state index contributed by atoms with van der Waals surface area (Å²) in [7, 11) is 0. The summed E-state index contributed by atoms with van der Waals surface area (Å²) in [5, 5.41) is 2.65. The summed E-state index contributed by atoms with van der Waals surface area (Å²) in [4.78, 5) is 53.7. The van der Waals surface area contributed by atoms with Gasteiger partial charge in [0.05, 0.1) is 28.9 Å². The second-order valence-electron chi connectivity index (χ2n) is 7.97. The number of hydrogen-bond acceptors (Lipinski definition) is 6. The maximum Gasteiger partial charge on any atom is 0.414 e. The molecule has 0 unspecified atom stereocenters. The Morgan fingerprint density at radius 3 is 2.71 bits per heavy atom. The summed E-state index contributed by atoms with van der Waals surface area (Å²) in [5.41, 5.74) is -0.309. The van der Waals surface area contributed by atoms with Crippen molar-refractivity contribution in [1.82, 2.24) is 9.55 Å². The minimum absolute atomic E-state index is 0.0131. The highest BCUT2D eigenvalue weighted by molar-refractivity contribution is 8.00. The first-order valence-electron chi connectivity index (χ1n) is 10.5. The fourth-order valence-electron chi connectivity index (χ4n) is 4.05. The number of amides is 2. The van der Waals surface area contributed by atoms with Crippen LogP contribution in [-0.4, -0.2) is 40.0 Å². The first-order chi connectivity index (χ1) is 16.3. The zero-order valence-electron chi connectivity index (χ0n) is 17.6. The highest BCUT2D eigenvalue weighted by Crippen LogP contribution is 2.35. The summed E-state index contributed by atoms with van der Waals surface area (Å²) >= 11 is 1.42. The lowest BCUT2D eigenvalue weighted by atomic mass is 10.1. The van der Waals surface area contributed by atoms with Gasteiger partial charge in [-0.15, -0.1) is 11.8 Å². The lowest BCUT2D eigenvalue weighted by Gasteiger charge is -2.20. The number of nitrogens with one attached hydrogen (secondary N) is 2. The molecule has 1 aromatic heterocycles. The first kappa shape index (κ1) is 22.1. The number of carbonyl (C=O) groups excluding carboxylic acids is 2. The van der Waals surface area contributed by atoms with Gasteiger partial charge in [-0.25, -0.2) is 18.4 Å². The van der Waals surface area contributed by atoms with Crippen LogP contribution in [0.1, 0.15) is 12.8 Å². The maximum absolute atomic E-state index is 13.6. The number of ether oxygens (including phenoxy) is 1. The number of aromatic nitrogens is 2. The number of cyclic esters (lactones) is 1. The number of fused-ring (bicyclic) bond motifs is 2. The van der Waals surface area contributed by atoms with Gasteiger partial charge in [-0.1, -0.05) is 0 Å². The smallest absolute Gasteiger partial charge is 0.414 e. The van der Waals surface area contributed by atoms with Crippen molar-refractivity contribution in [2.24, 2.45) is 0 Å². The molecule has 1 fully saturated rings. The number of rotatable bonds is 5. The minimum atomic E-state index is -1.18. The predicted octanol–water partition coefficient (Wildman–Crippen LogP) is 2.82. The highest BCUT2D eigenvalue weighted by atomic mass is 32.2. The molecule has 2 aromatic carbocycles. The molecule has 0 spiro atoms. The molecule has 2 aliphatic heterocycles. The second kappa shape index (κ2) is 8.60. The standard InChI is InChI=1S/C22H18F2N4O5S/c23-14-7-13-16(8-15(14)24)26-21(31)27(20(13)30)5-1-2-12-9-28(22(32)33-12)11-3-4-18-17(6-11)25-19(29)10-34-18/h3-4,6-8,12H,1-2,5,9-10H2,(H,25,29)(H,26,31)/t12-/m1/s1. The number of carbonyl (C=O) groups is 2. The van der Waals surface area contributed by atoms with E-state index in [2.05, 4.69) is 10.3 Å². The molecule has 34 heavy (non-hydrogen) atoms. The average molecular weight is 488 g/mol. The van der Waals surface area contributed by atoms with Gasteiger partial charge >= 0.3 is 11.8 Å². The molecule has 2 amide bonds. The quantitative estimate of drug-likeness (QED) is 0.571. The van der Waals surface area contributed by atoms with Gasteiger partial charge in [0.2, 0.25) is 5.91 Å². The molecular formula is C22H18F2N4O5S. The van der Waals surface area contributed by atoms with Crippen LogP contribution in [0.5, 0.6) is 0 Å². The summed E-state index contributed by atoms with van der Waals surface area (Å²) < 4.78 is 33.3. The number of nitrogens with zero attached hydrogens (tertiary/aromatic N) is 2. The Bertz CT molecular complexity index is 1450. The van der Waals surface area contributed by atoms with Crippen molar-refractivity contribution in [3.05, 3.63) is 62.8 Å². The Balaban J connectivity index is 1.26. The van der Waals surface area contributed by atoms with Crippen molar-refractivity contribution in [2.75, 3.05) is 22.5 Å². The third-order valence-corrected chi connectivity index (χ3v) is 6.79. The van der Waals surface area contributed by atoms with E-state index in [1.165, 1.54) is 16.7 Å². The number of benzene rings is 2. The highest BCUT2D eigenvalue weighted by Gasteiger charge is 2.32. The van der Waals surface area contributed by atoms with Crippen LogP contribution in [0, 0.1) is 11.6 Å². The molecule has 0 saturated carbocycles. The number of H-pyrrole nitrogens is 1. The maximum atomic E-state index is 13.6. The van der Waals surface area contributed by atoms with E-state index in [-0.39, 0.29) is 29.9 Å². The Kier molecular flexibility index (Phi) is 5.60. The Morgan fingerprint density at radius 2 is 1.88 bits per heavy atom. The van der Waals surface area contributed by atoms with Crippen LogP contribution < -0.4 is 21.5 Å². The van der Waals surface area contributed by atoms with Crippen molar-refractivity contribution in [3.63, 3.8) is 0 Å². The van der Waals surface area contributed by atoms with Gasteiger partial charge in [0.1, 0.15) is 6.10 Å². The first-order valence-corrected chi connectivity index (χ1v) is 11.5. The zero-order valence-corrected chi connectivity index (χ0v) is 18.4. The molecular weight excluding hydrogens is 470 g/mol. The van der Waals surface area contributed by atoms with Crippen LogP contribution in [0.3, 0.4) is 0 Å². The molecule has 3 aromatic rings. The molecule has 9 nitrogen and oxygen atoms in total. The number of anilines is 2. The van der Waals surface area contributed by atoms with Gasteiger partial charge in [0.15, 0.2) is 11.6 Å². The minimum Gasteiger partial charge on any atom is -0.444 e. The van der Waals surface area contributed by atoms with Crippen molar-refractivity contribution in [2.45, 2.75) is 30.4 Å². The van der Waals surface area contributed by atoms with E-state index >= 15 is 0 Å². The fourth-order valence-corrected chi connectivity index (χ4v) is 4.84. The van der Waals surface area contributed by atoms with E-state index in [9.17, 15) is 28.0 Å².